The second kappa shape index (κ2) is 8.18. The molecule has 2 heterocycles. The van der Waals surface area contributed by atoms with E-state index in [2.05, 4.69) is 10.3 Å². The standard InChI is InChI=1S/C19H20ClN3O4/c1-25-15-6-12(7-16(26-2)19(15)27-3)8-18(24)21-9-14-11-23-10-13(20)4-5-17(23)22-14/h4-7,10-11H,8-9H2,1-3H3,(H,21,24). The number of methoxy groups -OCH3 is 3. The van der Waals surface area contributed by atoms with E-state index in [1.165, 1.54) is 21.3 Å². The third kappa shape index (κ3) is 4.25. The summed E-state index contributed by atoms with van der Waals surface area (Å²) in [5, 5.41) is 3.49. The molecule has 2 aromatic heterocycles. The van der Waals surface area contributed by atoms with Gasteiger partial charge in [0, 0.05) is 12.4 Å². The maximum atomic E-state index is 12.3. The van der Waals surface area contributed by atoms with Gasteiger partial charge in [-0.15, -0.1) is 0 Å². The highest BCUT2D eigenvalue weighted by atomic mass is 35.5. The Kier molecular flexibility index (Phi) is 5.71. The lowest BCUT2D eigenvalue weighted by Crippen LogP contribution is -2.24. The summed E-state index contributed by atoms with van der Waals surface area (Å²) in [7, 11) is 4.61. The normalized spacial score (nSPS) is 10.7. The van der Waals surface area contributed by atoms with Gasteiger partial charge in [0.25, 0.3) is 0 Å². The van der Waals surface area contributed by atoms with Crippen LogP contribution in [0.2, 0.25) is 5.02 Å². The van der Waals surface area contributed by atoms with Crippen LogP contribution in [-0.4, -0.2) is 36.6 Å². The fourth-order valence-electron chi connectivity index (χ4n) is 2.78. The minimum absolute atomic E-state index is 0.139. The Labute approximate surface area is 161 Å². The molecular weight excluding hydrogens is 370 g/mol. The van der Waals surface area contributed by atoms with Crippen LogP contribution in [0.4, 0.5) is 0 Å². The molecule has 1 N–H and O–H groups in total. The molecule has 1 amide bonds. The van der Waals surface area contributed by atoms with Crippen molar-refractivity contribution in [3.63, 3.8) is 0 Å². The van der Waals surface area contributed by atoms with Gasteiger partial charge in [0.1, 0.15) is 5.65 Å². The number of pyridine rings is 1. The Morgan fingerprint density at radius 3 is 2.44 bits per heavy atom. The first-order chi connectivity index (χ1) is 13.0. The third-order valence-corrected chi connectivity index (χ3v) is 4.24. The van der Waals surface area contributed by atoms with Crippen molar-refractivity contribution in [2.24, 2.45) is 0 Å². The molecule has 0 atom stereocenters. The maximum absolute atomic E-state index is 12.3. The molecule has 0 aliphatic carbocycles. The van der Waals surface area contributed by atoms with E-state index in [1.807, 2.05) is 16.7 Å². The zero-order chi connectivity index (χ0) is 19.4. The van der Waals surface area contributed by atoms with Crippen molar-refractivity contribution in [2.75, 3.05) is 21.3 Å². The van der Waals surface area contributed by atoms with Gasteiger partial charge in [0.2, 0.25) is 11.7 Å². The second-order valence-electron chi connectivity index (χ2n) is 5.83. The Morgan fingerprint density at radius 1 is 1.11 bits per heavy atom. The molecule has 1 aromatic carbocycles. The fraction of sp³-hybridized carbons (Fsp3) is 0.263. The number of ether oxygens (including phenoxy) is 3. The highest BCUT2D eigenvalue weighted by molar-refractivity contribution is 6.30. The van der Waals surface area contributed by atoms with E-state index in [9.17, 15) is 4.79 Å². The van der Waals surface area contributed by atoms with E-state index in [0.29, 0.717) is 28.8 Å². The lowest BCUT2D eigenvalue weighted by Gasteiger charge is -2.14. The van der Waals surface area contributed by atoms with Gasteiger partial charge in [0.15, 0.2) is 11.5 Å². The van der Waals surface area contributed by atoms with Crippen LogP contribution in [0.3, 0.4) is 0 Å². The number of hydrogen-bond acceptors (Lipinski definition) is 5. The number of nitrogens with zero attached hydrogens (tertiary/aromatic N) is 2. The zero-order valence-corrected chi connectivity index (χ0v) is 16.0. The van der Waals surface area contributed by atoms with E-state index < -0.39 is 0 Å². The van der Waals surface area contributed by atoms with E-state index >= 15 is 0 Å². The number of carbonyl (C=O) groups excluding carboxylic acids is 1. The van der Waals surface area contributed by atoms with Crippen molar-refractivity contribution in [1.29, 1.82) is 0 Å². The number of aromatic nitrogens is 2. The number of benzene rings is 1. The summed E-state index contributed by atoms with van der Waals surface area (Å²) >= 11 is 5.97. The lowest BCUT2D eigenvalue weighted by molar-refractivity contribution is -0.120. The molecule has 8 heteroatoms. The van der Waals surface area contributed by atoms with Crippen molar-refractivity contribution in [2.45, 2.75) is 13.0 Å². The SMILES string of the molecule is COc1cc(CC(=O)NCc2cn3cc(Cl)ccc3n2)cc(OC)c1OC. The molecule has 0 aliphatic rings. The average molecular weight is 390 g/mol. The van der Waals surface area contributed by atoms with E-state index in [1.54, 1.807) is 24.4 Å². The van der Waals surface area contributed by atoms with Crippen molar-refractivity contribution >= 4 is 23.2 Å². The number of amides is 1. The average Bonchev–Trinajstić information content (AvgIpc) is 3.07. The molecule has 3 aromatic rings. The van der Waals surface area contributed by atoms with Gasteiger partial charge in [-0.3, -0.25) is 4.79 Å². The van der Waals surface area contributed by atoms with Crippen molar-refractivity contribution < 1.29 is 19.0 Å². The van der Waals surface area contributed by atoms with Crippen LogP contribution in [0.1, 0.15) is 11.3 Å². The van der Waals surface area contributed by atoms with Gasteiger partial charge >= 0.3 is 0 Å². The highest BCUT2D eigenvalue weighted by Crippen LogP contribution is 2.38. The first-order valence-corrected chi connectivity index (χ1v) is 8.60. The van der Waals surface area contributed by atoms with Crippen LogP contribution in [0.25, 0.3) is 5.65 Å². The molecule has 0 fully saturated rings. The van der Waals surface area contributed by atoms with Crippen LogP contribution in [0.15, 0.2) is 36.7 Å². The van der Waals surface area contributed by atoms with Crippen molar-refractivity contribution in [1.82, 2.24) is 14.7 Å². The van der Waals surface area contributed by atoms with Crippen LogP contribution in [0, 0.1) is 0 Å². The number of imidazole rings is 1. The van der Waals surface area contributed by atoms with Crippen LogP contribution >= 0.6 is 11.6 Å². The molecule has 3 rings (SSSR count). The Hall–Kier alpha value is -2.93. The molecule has 7 nitrogen and oxygen atoms in total. The van der Waals surface area contributed by atoms with Crippen molar-refractivity contribution in [3.8, 4) is 17.2 Å². The predicted molar refractivity (Wildman–Crippen MR) is 102 cm³/mol. The summed E-state index contributed by atoms with van der Waals surface area (Å²) in [6, 6.07) is 7.11. The Bertz CT molecular complexity index is 946. The van der Waals surface area contributed by atoms with Gasteiger partial charge in [-0.2, -0.15) is 0 Å². The quantitative estimate of drug-likeness (QED) is 0.672. The monoisotopic (exact) mass is 389 g/mol. The topological polar surface area (TPSA) is 74.1 Å². The predicted octanol–water partition coefficient (Wildman–Crippen LogP) is 2.87. The molecular formula is C19H20ClN3O4. The number of fused-ring (bicyclic) bond motifs is 1. The summed E-state index contributed by atoms with van der Waals surface area (Å²) in [5.74, 6) is 1.38. The number of halogens is 1. The largest absolute Gasteiger partial charge is 0.493 e. The molecule has 0 radical (unpaired) electrons. The molecule has 27 heavy (non-hydrogen) atoms. The summed E-state index contributed by atoms with van der Waals surface area (Å²) < 4.78 is 17.7. The molecule has 0 bridgehead atoms. The van der Waals surface area contributed by atoms with Crippen LogP contribution in [-0.2, 0) is 17.8 Å². The molecule has 142 valence electrons. The van der Waals surface area contributed by atoms with Gasteiger partial charge in [0.05, 0.1) is 45.0 Å². The number of hydrogen-bond donors (Lipinski definition) is 1. The second-order valence-corrected chi connectivity index (χ2v) is 6.27. The minimum atomic E-state index is -0.139. The minimum Gasteiger partial charge on any atom is -0.493 e. The van der Waals surface area contributed by atoms with Gasteiger partial charge < -0.3 is 23.9 Å². The van der Waals surface area contributed by atoms with Gasteiger partial charge in [-0.25, -0.2) is 4.98 Å². The molecule has 0 saturated heterocycles. The van der Waals surface area contributed by atoms with E-state index in [4.69, 9.17) is 25.8 Å². The van der Waals surface area contributed by atoms with Gasteiger partial charge in [-0.1, -0.05) is 11.6 Å². The third-order valence-electron chi connectivity index (χ3n) is 4.02. The maximum Gasteiger partial charge on any atom is 0.224 e. The zero-order valence-electron chi connectivity index (χ0n) is 15.3. The van der Waals surface area contributed by atoms with Crippen LogP contribution in [0.5, 0.6) is 17.2 Å². The summed E-state index contributed by atoms with van der Waals surface area (Å²) in [6.45, 7) is 0.322. The summed E-state index contributed by atoms with van der Waals surface area (Å²) in [5.41, 5.74) is 2.27. The number of nitrogens with one attached hydrogen (secondary N) is 1. The first-order valence-electron chi connectivity index (χ1n) is 8.22. The van der Waals surface area contributed by atoms with E-state index in [0.717, 1.165) is 16.9 Å². The Morgan fingerprint density at radius 2 is 1.81 bits per heavy atom. The molecule has 0 aliphatic heterocycles. The lowest BCUT2D eigenvalue weighted by atomic mass is 10.1. The summed E-state index contributed by atoms with van der Waals surface area (Å²) in [4.78, 5) is 16.8. The molecule has 0 unspecified atom stereocenters. The van der Waals surface area contributed by atoms with Crippen LogP contribution < -0.4 is 19.5 Å². The van der Waals surface area contributed by atoms with E-state index in [-0.39, 0.29) is 12.3 Å². The Balaban J connectivity index is 1.68. The highest BCUT2D eigenvalue weighted by Gasteiger charge is 2.15. The number of carbonyl (C=O) groups is 1. The molecule has 0 saturated carbocycles. The molecule has 0 spiro atoms. The summed E-state index contributed by atoms with van der Waals surface area (Å²) in [6.07, 6.45) is 3.78. The fourth-order valence-corrected chi connectivity index (χ4v) is 2.95. The van der Waals surface area contributed by atoms with Gasteiger partial charge in [-0.05, 0) is 29.8 Å². The smallest absolute Gasteiger partial charge is 0.224 e. The first kappa shape index (κ1) is 18.8. The number of rotatable bonds is 7. The van der Waals surface area contributed by atoms with Crippen molar-refractivity contribution in [3.05, 3.63) is 52.9 Å².